The lowest BCUT2D eigenvalue weighted by Gasteiger charge is -2.17. The summed E-state index contributed by atoms with van der Waals surface area (Å²) in [5, 5.41) is 3.42. The molecule has 3 nitrogen and oxygen atoms in total. The van der Waals surface area contributed by atoms with Crippen LogP contribution in [0.25, 0.3) is 0 Å². The van der Waals surface area contributed by atoms with Crippen molar-refractivity contribution in [1.82, 2.24) is 10.2 Å². The van der Waals surface area contributed by atoms with E-state index < -0.39 is 0 Å². The van der Waals surface area contributed by atoms with E-state index in [1.807, 2.05) is 0 Å². The summed E-state index contributed by atoms with van der Waals surface area (Å²) in [6, 6.07) is 8.62. The molecule has 0 saturated carbocycles. The lowest BCUT2D eigenvalue weighted by Crippen LogP contribution is -2.32. The number of carbonyl (C=O) groups is 1. The van der Waals surface area contributed by atoms with Crippen LogP contribution in [0.4, 0.5) is 0 Å². The van der Waals surface area contributed by atoms with Gasteiger partial charge in [-0.05, 0) is 35.8 Å². The number of carbonyl (C=O) groups excluding carboxylic acids is 1. The number of likely N-dealkylation sites (tertiary alicyclic amines) is 1. The molecule has 2 atom stereocenters. The van der Waals surface area contributed by atoms with Crippen molar-refractivity contribution in [2.24, 2.45) is 11.8 Å². The summed E-state index contributed by atoms with van der Waals surface area (Å²) < 4.78 is 0. The molecule has 2 heterocycles. The van der Waals surface area contributed by atoms with Gasteiger partial charge in [-0.1, -0.05) is 37.6 Å². The second-order valence-corrected chi connectivity index (χ2v) is 6.57. The Morgan fingerprint density at radius 2 is 1.76 bits per heavy atom. The molecule has 2 aliphatic heterocycles. The van der Waals surface area contributed by atoms with Gasteiger partial charge in [-0.2, -0.15) is 0 Å². The van der Waals surface area contributed by atoms with Crippen LogP contribution < -0.4 is 5.32 Å². The molecule has 2 saturated heterocycles. The number of nitrogens with zero attached hydrogens (tertiary/aromatic N) is 1. The van der Waals surface area contributed by atoms with Crippen LogP contribution in [0.3, 0.4) is 0 Å². The van der Waals surface area contributed by atoms with Gasteiger partial charge in [-0.25, -0.2) is 0 Å². The van der Waals surface area contributed by atoms with Crippen molar-refractivity contribution < 1.29 is 4.79 Å². The van der Waals surface area contributed by atoms with Gasteiger partial charge < -0.3 is 10.2 Å². The maximum absolute atomic E-state index is 12.4. The van der Waals surface area contributed by atoms with Gasteiger partial charge in [0.2, 0.25) is 5.91 Å². The van der Waals surface area contributed by atoms with Crippen LogP contribution in [-0.2, 0) is 17.6 Å². The third-order valence-corrected chi connectivity index (χ3v) is 4.94. The number of benzene rings is 1. The van der Waals surface area contributed by atoms with Crippen LogP contribution in [-0.4, -0.2) is 37.0 Å². The summed E-state index contributed by atoms with van der Waals surface area (Å²) >= 11 is 0. The topological polar surface area (TPSA) is 32.3 Å². The predicted octanol–water partition coefficient (Wildman–Crippen LogP) is 2.25. The van der Waals surface area contributed by atoms with Crippen LogP contribution in [0.15, 0.2) is 24.3 Å². The Labute approximate surface area is 127 Å². The molecular weight excluding hydrogens is 260 g/mol. The zero-order valence-corrected chi connectivity index (χ0v) is 13.0. The molecule has 0 bridgehead atoms. The smallest absolute Gasteiger partial charge is 0.227 e. The number of aryl methyl sites for hydroxylation is 1. The molecule has 1 aromatic rings. The van der Waals surface area contributed by atoms with E-state index in [2.05, 4.69) is 41.4 Å². The van der Waals surface area contributed by atoms with E-state index in [0.717, 1.165) is 38.2 Å². The highest BCUT2D eigenvalue weighted by atomic mass is 16.2. The van der Waals surface area contributed by atoms with Gasteiger partial charge in [0.25, 0.3) is 0 Å². The van der Waals surface area contributed by atoms with Crippen LogP contribution in [0.2, 0.25) is 0 Å². The van der Waals surface area contributed by atoms with Crippen molar-refractivity contribution >= 4 is 5.91 Å². The third kappa shape index (κ3) is 3.46. The molecule has 1 amide bonds. The van der Waals surface area contributed by atoms with E-state index in [0.29, 0.717) is 24.2 Å². The second-order valence-electron chi connectivity index (χ2n) is 6.57. The van der Waals surface area contributed by atoms with E-state index in [-0.39, 0.29) is 0 Å². The SMILES string of the molecule is CCCCc1ccc(CC(=O)N2C[C@H]3CNC[C@H]3C2)cc1. The molecule has 0 radical (unpaired) electrons. The summed E-state index contributed by atoms with van der Waals surface area (Å²) in [6.07, 6.45) is 4.17. The lowest BCUT2D eigenvalue weighted by molar-refractivity contribution is -0.129. The van der Waals surface area contributed by atoms with Crippen molar-refractivity contribution in [3.63, 3.8) is 0 Å². The van der Waals surface area contributed by atoms with E-state index in [1.165, 1.54) is 18.4 Å². The first-order chi connectivity index (χ1) is 10.3. The Hall–Kier alpha value is -1.35. The Bertz CT molecular complexity index is 470. The average Bonchev–Trinajstić information content (AvgIpc) is 3.07. The highest BCUT2D eigenvalue weighted by molar-refractivity contribution is 5.79. The zero-order valence-electron chi connectivity index (χ0n) is 13.0. The van der Waals surface area contributed by atoms with Gasteiger partial charge in [-0.3, -0.25) is 4.79 Å². The first-order valence-electron chi connectivity index (χ1n) is 8.32. The number of hydrogen-bond donors (Lipinski definition) is 1. The molecular formula is C18H26N2O. The van der Waals surface area contributed by atoms with Crippen molar-refractivity contribution in [2.75, 3.05) is 26.2 Å². The fourth-order valence-electron chi connectivity index (χ4n) is 3.55. The van der Waals surface area contributed by atoms with E-state index in [1.54, 1.807) is 0 Å². The molecule has 114 valence electrons. The van der Waals surface area contributed by atoms with E-state index >= 15 is 0 Å². The maximum Gasteiger partial charge on any atom is 0.227 e. The van der Waals surface area contributed by atoms with Crippen LogP contribution >= 0.6 is 0 Å². The predicted molar refractivity (Wildman–Crippen MR) is 85.2 cm³/mol. The Morgan fingerprint density at radius 1 is 1.14 bits per heavy atom. The first kappa shape index (κ1) is 14.6. The number of amides is 1. The lowest BCUT2D eigenvalue weighted by atomic mass is 10.0. The van der Waals surface area contributed by atoms with Crippen molar-refractivity contribution in [2.45, 2.75) is 32.6 Å². The number of fused-ring (bicyclic) bond motifs is 1. The molecule has 3 rings (SSSR count). The Balaban J connectivity index is 1.53. The summed E-state index contributed by atoms with van der Waals surface area (Å²) in [5.74, 6) is 1.67. The fraction of sp³-hybridized carbons (Fsp3) is 0.611. The standard InChI is InChI=1S/C18H26N2O/c1-2-3-4-14-5-7-15(8-6-14)9-18(21)20-12-16-10-19-11-17(16)13-20/h5-8,16-17,19H,2-4,9-13H2,1H3/t16-,17+. The molecule has 2 aliphatic rings. The van der Waals surface area contributed by atoms with Gasteiger partial charge >= 0.3 is 0 Å². The fourth-order valence-corrected chi connectivity index (χ4v) is 3.55. The molecule has 0 spiro atoms. The van der Waals surface area contributed by atoms with Crippen LogP contribution in [0, 0.1) is 11.8 Å². The monoisotopic (exact) mass is 286 g/mol. The highest BCUT2D eigenvalue weighted by Crippen LogP contribution is 2.26. The highest BCUT2D eigenvalue weighted by Gasteiger charge is 2.37. The number of rotatable bonds is 5. The van der Waals surface area contributed by atoms with Crippen molar-refractivity contribution in [3.05, 3.63) is 35.4 Å². The van der Waals surface area contributed by atoms with Crippen molar-refractivity contribution in [1.29, 1.82) is 0 Å². The molecule has 3 heteroatoms. The molecule has 21 heavy (non-hydrogen) atoms. The molecule has 0 unspecified atom stereocenters. The van der Waals surface area contributed by atoms with Crippen molar-refractivity contribution in [3.8, 4) is 0 Å². The molecule has 0 aromatic heterocycles. The minimum absolute atomic E-state index is 0.297. The quantitative estimate of drug-likeness (QED) is 0.900. The molecule has 0 aliphatic carbocycles. The largest absolute Gasteiger partial charge is 0.342 e. The summed E-state index contributed by atoms with van der Waals surface area (Å²) in [4.78, 5) is 14.5. The minimum atomic E-state index is 0.297. The van der Waals surface area contributed by atoms with Gasteiger partial charge in [-0.15, -0.1) is 0 Å². The normalized spacial score (nSPS) is 24.3. The maximum atomic E-state index is 12.4. The van der Waals surface area contributed by atoms with Crippen LogP contribution in [0.1, 0.15) is 30.9 Å². The third-order valence-electron chi connectivity index (χ3n) is 4.94. The van der Waals surface area contributed by atoms with E-state index in [9.17, 15) is 4.79 Å². The Morgan fingerprint density at radius 3 is 2.38 bits per heavy atom. The zero-order chi connectivity index (χ0) is 14.7. The summed E-state index contributed by atoms with van der Waals surface area (Å²) in [5.41, 5.74) is 2.53. The average molecular weight is 286 g/mol. The second kappa shape index (κ2) is 6.61. The minimum Gasteiger partial charge on any atom is -0.342 e. The Kier molecular flexibility index (Phi) is 4.59. The number of unbranched alkanes of at least 4 members (excludes halogenated alkanes) is 1. The number of nitrogens with one attached hydrogen (secondary N) is 1. The van der Waals surface area contributed by atoms with E-state index in [4.69, 9.17) is 0 Å². The van der Waals surface area contributed by atoms with Gasteiger partial charge in [0, 0.05) is 26.2 Å². The van der Waals surface area contributed by atoms with Gasteiger partial charge in [0.05, 0.1) is 6.42 Å². The van der Waals surface area contributed by atoms with Crippen LogP contribution in [0.5, 0.6) is 0 Å². The first-order valence-corrected chi connectivity index (χ1v) is 8.32. The van der Waals surface area contributed by atoms with Gasteiger partial charge in [0.1, 0.15) is 0 Å². The molecule has 2 fully saturated rings. The summed E-state index contributed by atoms with van der Waals surface area (Å²) in [7, 11) is 0. The molecule has 1 aromatic carbocycles. The summed E-state index contributed by atoms with van der Waals surface area (Å²) in [6.45, 7) is 6.28. The molecule has 1 N–H and O–H groups in total. The van der Waals surface area contributed by atoms with Gasteiger partial charge in [0.15, 0.2) is 0 Å². The number of hydrogen-bond acceptors (Lipinski definition) is 2.